The maximum Gasteiger partial charge on any atom is 0.258 e. The predicted octanol–water partition coefficient (Wildman–Crippen LogP) is 3.94. The quantitative estimate of drug-likeness (QED) is 0.861. The lowest BCUT2D eigenvalue weighted by molar-refractivity contribution is 0.168. The zero-order valence-electron chi connectivity index (χ0n) is 14.0. The smallest absolute Gasteiger partial charge is 0.258 e. The van der Waals surface area contributed by atoms with Crippen molar-refractivity contribution in [2.45, 2.75) is 52.5 Å². The average Bonchev–Trinajstić information content (AvgIpc) is 2.97. The third kappa shape index (κ3) is 3.07. The second kappa shape index (κ2) is 6.21. The summed E-state index contributed by atoms with van der Waals surface area (Å²) in [7, 11) is 0. The van der Waals surface area contributed by atoms with E-state index >= 15 is 0 Å². The molecular weight excluding hydrogens is 274 g/mol. The molecule has 0 aliphatic carbocycles. The van der Waals surface area contributed by atoms with Gasteiger partial charge in [0.25, 0.3) is 5.89 Å². The highest BCUT2D eigenvalue weighted by Crippen LogP contribution is 2.29. The van der Waals surface area contributed by atoms with Gasteiger partial charge in [-0.05, 0) is 65.3 Å². The molecule has 2 aromatic rings. The molecule has 0 N–H and O–H groups in total. The molecule has 22 heavy (non-hydrogen) atoms. The van der Waals surface area contributed by atoms with Crippen LogP contribution in [-0.2, 0) is 0 Å². The number of aromatic nitrogens is 2. The highest BCUT2D eigenvalue weighted by atomic mass is 16.5. The molecule has 4 nitrogen and oxygen atoms in total. The van der Waals surface area contributed by atoms with Crippen LogP contribution in [0.3, 0.4) is 0 Å². The van der Waals surface area contributed by atoms with Gasteiger partial charge in [0.15, 0.2) is 5.82 Å². The molecule has 0 radical (unpaired) electrons. The molecule has 0 saturated carbocycles. The third-order valence-corrected chi connectivity index (χ3v) is 4.68. The van der Waals surface area contributed by atoms with Gasteiger partial charge >= 0.3 is 0 Å². The first-order valence-electron chi connectivity index (χ1n) is 8.20. The summed E-state index contributed by atoms with van der Waals surface area (Å²) in [5, 5.41) is 4.25. The maximum atomic E-state index is 5.52. The minimum absolute atomic E-state index is 0.429. The minimum Gasteiger partial charge on any atom is -0.334 e. The van der Waals surface area contributed by atoms with Gasteiger partial charge in [-0.1, -0.05) is 22.9 Å². The Bertz CT molecular complexity index is 640. The lowest BCUT2D eigenvalue weighted by Crippen LogP contribution is -2.38. The highest BCUT2D eigenvalue weighted by molar-refractivity contribution is 5.58. The van der Waals surface area contributed by atoms with Crippen LogP contribution in [0.5, 0.6) is 0 Å². The zero-order valence-corrected chi connectivity index (χ0v) is 14.0. The number of hydrogen-bond donors (Lipinski definition) is 0. The molecule has 118 valence electrons. The molecule has 0 atom stereocenters. The fourth-order valence-corrected chi connectivity index (χ4v) is 3.24. The first-order valence-corrected chi connectivity index (χ1v) is 8.20. The molecule has 0 unspecified atom stereocenters. The van der Waals surface area contributed by atoms with Gasteiger partial charge in [-0.25, -0.2) is 0 Å². The third-order valence-electron chi connectivity index (χ3n) is 4.68. The van der Waals surface area contributed by atoms with E-state index in [0.717, 1.165) is 37.3 Å². The molecule has 1 aliphatic heterocycles. The van der Waals surface area contributed by atoms with Crippen LogP contribution in [0.4, 0.5) is 0 Å². The maximum absolute atomic E-state index is 5.52. The second-order valence-corrected chi connectivity index (χ2v) is 6.68. The Balaban J connectivity index is 1.74. The Morgan fingerprint density at radius 1 is 1.18 bits per heavy atom. The van der Waals surface area contributed by atoms with Gasteiger partial charge in [-0.3, -0.25) is 0 Å². The lowest BCUT2D eigenvalue weighted by Gasteiger charge is -2.33. The van der Waals surface area contributed by atoms with Gasteiger partial charge < -0.3 is 9.42 Å². The summed E-state index contributed by atoms with van der Waals surface area (Å²) >= 11 is 0. The van der Waals surface area contributed by atoms with Crippen molar-refractivity contribution in [2.24, 2.45) is 0 Å². The van der Waals surface area contributed by atoms with Crippen molar-refractivity contribution in [1.29, 1.82) is 0 Å². The van der Waals surface area contributed by atoms with Crippen molar-refractivity contribution in [2.75, 3.05) is 13.1 Å². The van der Waals surface area contributed by atoms with Crippen molar-refractivity contribution in [3.05, 3.63) is 35.2 Å². The van der Waals surface area contributed by atoms with E-state index in [2.05, 4.69) is 60.9 Å². The molecule has 4 heteroatoms. The Kier molecular flexibility index (Phi) is 4.30. The Labute approximate surface area is 132 Å². The van der Waals surface area contributed by atoms with Crippen molar-refractivity contribution in [3.8, 4) is 11.5 Å². The topological polar surface area (TPSA) is 42.2 Å². The molecule has 1 fully saturated rings. The minimum atomic E-state index is 0.429. The monoisotopic (exact) mass is 299 g/mol. The van der Waals surface area contributed by atoms with Crippen molar-refractivity contribution < 1.29 is 4.52 Å². The Hall–Kier alpha value is -1.68. The number of nitrogens with zero attached hydrogens (tertiary/aromatic N) is 3. The number of rotatable bonds is 3. The summed E-state index contributed by atoms with van der Waals surface area (Å²) in [5.74, 6) is 1.95. The first-order chi connectivity index (χ1) is 10.5. The fraction of sp³-hybridized carbons (Fsp3) is 0.556. The Morgan fingerprint density at radius 2 is 1.91 bits per heavy atom. The molecule has 0 bridgehead atoms. The van der Waals surface area contributed by atoms with Crippen LogP contribution in [-0.4, -0.2) is 34.2 Å². The van der Waals surface area contributed by atoms with E-state index in [0.29, 0.717) is 17.9 Å². The SMILES string of the molecule is Cc1ccc(-c2nc(C3CCN(C(C)C)CC3)no2)c(C)c1. The molecule has 0 spiro atoms. The van der Waals surface area contributed by atoms with Crippen LogP contribution < -0.4 is 0 Å². The van der Waals surface area contributed by atoms with E-state index in [4.69, 9.17) is 4.52 Å². The van der Waals surface area contributed by atoms with E-state index in [-0.39, 0.29) is 0 Å². The summed E-state index contributed by atoms with van der Waals surface area (Å²) < 4.78 is 5.52. The average molecular weight is 299 g/mol. The summed E-state index contributed by atoms with van der Waals surface area (Å²) in [6.07, 6.45) is 2.23. The number of aryl methyl sites for hydroxylation is 2. The van der Waals surface area contributed by atoms with E-state index < -0.39 is 0 Å². The second-order valence-electron chi connectivity index (χ2n) is 6.68. The van der Waals surface area contributed by atoms with Gasteiger partial charge in [0, 0.05) is 17.5 Å². The van der Waals surface area contributed by atoms with Gasteiger partial charge in [0.2, 0.25) is 0 Å². The standard InChI is InChI=1S/C18H25N3O/c1-12(2)21-9-7-15(8-10-21)17-19-18(22-20-17)16-6-5-13(3)11-14(16)4/h5-6,11-12,15H,7-10H2,1-4H3. The largest absolute Gasteiger partial charge is 0.334 e. The molecule has 0 amide bonds. The zero-order chi connectivity index (χ0) is 15.7. The molecule has 1 saturated heterocycles. The normalized spacial score (nSPS) is 17.3. The van der Waals surface area contributed by atoms with Gasteiger partial charge in [-0.15, -0.1) is 0 Å². The number of hydrogen-bond acceptors (Lipinski definition) is 4. The summed E-state index contributed by atoms with van der Waals surface area (Å²) in [6.45, 7) is 10.9. The fourth-order valence-electron chi connectivity index (χ4n) is 3.24. The van der Waals surface area contributed by atoms with Crippen LogP contribution in [0.2, 0.25) is 0 Å². The molecule has 1 aliphatic rings. The van der Waals surface area contributed by atoms with Crippen LogP contribution in [0, 0.1) is 13.8 Å². The van der Waals surface area contributed by atoms with E-state index in [1.807, 2.05) is 0 Å². The van der Waals surface area contributed by atoms with Crippen molar-refractivity contribution in [3.63, 3.8) is 0 Å². The van der Waals surface area contributed by atoms with Crippen molar-refractivity contribution in [1.82, 2.24) is 15.0 Å². The van der Waals surface area contributed by atoms with Gasteiger partial charge in [0.1, 0.15) is 0 Å². The number of benzene rings is 1. The van der Waals surface area contributed by atoms with Crippen LogP contribution in [0.25, 0.3) is 11.5 Å². The molecule has 2 heterocycles. The van der Waals surface area contributed by atoms with Crippen LogP contribution >= 0.6 is 0 Å². The highest BCUT2D eigenvalue weighted by Gasteiger charge is 2.26. The number of piperidine rings is 1. The summed E-state index contributed by atoms with van der Waals surface area (Å²) in [6, 6.07) is 6.94. The molecule has 1 aromatic carbocycles. The van der Waals surface area contributed by atoms with Crippen LogP contribution in [0.15, 0.2) is 22.7 Å². The van der Waals surface area contributed by atoms with Crippen LogP contribution in [0.1, 0.15) is 49.6 Å². The van der Waals surface area contributed by atoms with Crippen molar-refractivity contribution >= 4 is 0 Å². The molecular formula is C18H25N3O. The summed E-state index contributed by atoms with van der Waals surface area (Å²) in [5.41, 5.74) is 3.48. The molecule has 3 rings (SSSR count). The van der Waals surface area contributed by atoms with Gasteiger partial charge in [-0.2, -0.15) is 4.98 Å². The first kappa shape index (κ1) is 15.2. The van der Waals surface area contributed by atoms with E-state index in [9.17, 15) is 0 Å². The predicted molar refractivity (Wildman–Crippen MR) is 87.9 cm³/mol. The van der Waals surface area contributed by atoms with Gasteiger partial charge in [0.05, 0.1) is 0 Å². The summed E-state index contributed by atoms with van der Waals surface area (Å²) in [4.78, 5) is 7.18. The van der Waals surface area contributed by atoms with E-state index in [1.165, 1.54) is 11.1 Å². The molecule has 1 aromatic heterocycles. The lowest BCUT2D eigenvalue weighted by atomic mass is 9.95. The Morgan fingerprint density at radius 3 is 2.55 bits per heavy atom. The van der Waals surface area contributed by atoms with E-state index in [1.54, 1.807) is 0 Å². The number of likely N-dealkylation sites (tertiary alicyclic amines) is 1.